The number of rotatable bonds is 7. The largest absolute Gasteiger partial charge is 0.345 e. The number of hydrogen-bond donors (Lipinski definition) is 1. The lowest BCUT2D eigenvalue weighted by molar-refractivity contribution is -0.116. The van der Waals surface area contributed by atoms with E-state index in [-0.39, 0.29) is 5.91 Å². The molecule has 1 aliphatic rings. The predicted molar refractivity (Wildman–Crippen MR) is 129 cm³/mol. The number of benzene rings is 2. The van der Waals surface area contributed by atoms with E-state index in [1.807, 2.05) is 18.2 Å². The Morgan fingerprint density at radius 3 is 2.67 bits per heavy atom. The first-order valence-electron chi connectivity index (χ1n) is 10.4. The molecule has 7 heteroatoms. The number of nitrogens with zero attached hydrogens (tertiary/aromatic N) is 3. The molecule has 0 aliphatic carbocycles. The Bertz CT molecular complexity index is 994. The van der Waals surface area contributed by atoms with Crippen molar-refractivity contribution >= 4 is 50.0 Å². The van der Waals surface area contributed by atoms with Gasteiger partial charge in [0.1, 0.15) is 0 Å². The van der Waals surface area contributed by atoms with Crippen LogP contribution in [0.25, 0.3) is 10.2 Å². The van der Waals surface area contributed by atoms with Crippen LogP contribution in [0.2, 0.25) is 0 Å². The number of amides is 1. The molecule has 0 atom stereocenters. The van der Waals surface area contributed by atoms with Crippen molar-refractivity contribution in [2.24, 2.45) is 0 Å². The van der Waals surface area contributed by atoms with Gasteiger partial charge in [-0.25, -0.2) is 4.98 Å². The maximum Gasteiger partial charge on any atom is 0.224 e. The molecule has 5 nitrogen and oxygen atoms in total. The lowest BCUT2D eigenvalue weighted by atomic mass is 10.2. The second kappa shape index (κ2) is 9.81. The predicted octanol–water partition coefficient (Wildman–Crippen LogP) is 4.87. The molecule has 0 bridgehead atoms. The van der Waals surface area contributed by atoms with Gasteiger partial charge in [-0.3, -0.25) is 4.79 Å². The summed E-state index contributed by atoms with van der Waals surface area (Å²) in [5.74, 6) is 1.02. The van der Waals surface area contributed by atoms with Gasteiger partial charge in [-0.05, 0) is 56.5 Å². The number of nitrogens with one attached hydrogen (secondary N) is 1. The van der Waals surface area contributed by atoms with Gasteiger partial charge in [-0.1, -0.05) is 29.0 Å². The third-order valence-electron chi connectivity index (χ3n) is 5.27. The van der Waals surface area contributed by atoms with Crippen molar-refractivity contribution in [1.29, 1.82) is 0 Å². The first-order valence-corrected chi connectivity index (χ1v) is 12.2. The van der Waals surface area contributed by atoms with E-state index in [1.54, 1.807) is 23.1 Å². The molecule has 2 heterocycles. The summed E-state index contributed by atoms with van der Waals surface area (Å²) in [5, 5.41) is 4.12. The quantitative estimate of drug-likeness (QED) is 0.420. The van der Waals surface area contributed by atoms with Crippen LogP contribution in [-0.4, -0.2) is 54.8 Å². The minimum absolute atomic E-state index is 0.0719. The van der Waals surface area contributed by atoms with Crippen LogP contribution in [-0.2, 0) is 4.79 Å². The Morgan fingerprint density at radius 2 is 1.90 bits per heavy atom. The zero-order valence-corrected chi connectivity index (χ0v) is 19.2. The second-order valence-corrected chi connectivity index (χ2v) is 9.96. The fraction of sp³-hybridized carbons (Fsp3) is 0.391. The summed E-state index contributed by atoms with van der Waals surface area (Å²) in [6.07, 6.45) is 1.40. The molecule has 3 aromatic rings. The Kier molecular flexibility index (Phi) is 6.92. The number of carbonyl (C=O) groups excluding carboxylic acids is 1. The van der Waals surface area contributed by atoms with Crippen LogP contribution < -0.4 is 10.2 Å². The van der Waals surface area contributed by atoms with Gasteiger partial charge in [-0.2, -0.15) is 0 Å². The van der Waals surface area contributed by atoms with Crippen molar-refractivity contribution in [2.75, 3.05) is 49.2 Å². The van der Waals surface area contributed by atoms with E-state index < -0.39 is 0 Å². The number of fused-ring (bicyclic) bond motifs is 1. The van der Waals surface area contributed by atoms with Crippen molar-refractivity contribution in [3.63, 3.8) is 0 Å². The molecule has 1 amide bonds. The number of hydrogen-bond acceptors (Lipinski definition) is 6. The molecule has 0 spiro atoms. The van der Waals surface area contributed by atoms with Crippen LogP contribution in [0.4, 0.5) is 10.8 Å². The van der Waals surface area contributed by atoms with Crippen molar-refractivity contribution in [3.05, 3.63) is 48.0 Å². The van der Waals surface area contributed by atoms with Crippen LogP contribution in [0.5, 0.6) is 0 Å². The highest BCUT2D eigenvalue weighted by molar-refractivity contribution is 7.99. The summed E-state index contributed by atoms with van der Waals surface area (Å²) in [7, 11) is 2.16. The molecule has 30 heavy (non-hydrogen) atoms. The van der Waals surface area contributed by atoms with Crippen molar-refractivity contribution in [2.45, 2.75) is 24.7 Å². The third-order valence-corrected chi connectivity index (χ3v) is 7.45. The first-order chi connectivity index (χ1) is 14.6. The number of likely N-dealkylation sites (N-methyl/N-ethyl adjacent to an activating group) is 1. The van der Waals surface area contributed by atoms with Crippen LogP contribution in [0.3, 0.4) is 0 Å². The lowest BCUT2D eigenvalue weighted by Crippen LogP contribution is -2.44. The maximum atomic E-state index is 12.3. The zero-order chi connectivity index (χ0) is 20.9. The first kappa shape index (κ1) is 21.2. The van der Waals surface area contributed by atoms with E-state index in [4.69, 9.17) is 4.98 Å². The zero-order valence-electron chi connectivity index (χ0n) is 17.6. The summed E-state index contributed by atoms with van der Waals surface area (Å²) in [6.45, 7) is 6.26. The smallest absolute Gasteiger partial charge is 0.224 e. The summed E-state index contributed by atoms with van der Waals surface area (Å²) >= 11 is 3.51. The van der Waals surface area contributed by atoms with E-state index in [0.29, 0.717) is 6.42 Å². The molecule has 4 rings (SSSR count). The molecule has 1 aliphatic heterocycles. The topological polar surface area (TPSA) is 48.5 Å². The highest BCUT2D eigenvalue weighted by atomic mass is 32.2. The monoisotopic (exact) mass is 440 g/mol. The number of anilines is 2. The molecule has 2 aromatic carbocycles. The average molecular weight is 441 g/mol. The maximum absolute atomic E-state index is 12.3. The summed E-state index contributed by atoms with van der Waals surface area (Å²) in [4.78, 5) is 23.1. The number of carbonyl (C=O) groups is 1. The molecule has 158 valence electrons. The normalized spacial score (nSPS) is 14.9. The van der Waals surface area contributed by atoms with Gasteiger partial charge in [-0.15, -0.1) is 11.8 Å². The van der Waals surface area contributed by atoms with Crippen LogP contribution >= 0.6 is 23.1 Å². The van der Waals surface area contributed by atoms with E-state index >= 15 is 0 Å². The van der Waals surface area contributed by atoms with Gasteiger partial charge in [0.05, 0.1) is 10.2 Å². The Labute approximate surface area is 186 Å². The van der Waals surface area contributed by atoms with Gasteiger partial charge in [0.25, 0.3) is 0 Å². The highest BCUT2D eigenvalue weighted by Gasteiger charge is 2.17. The van der Waals surface area contributed by atoms with E-state index in [0.717, 1.165) is 59.4 Å². The van der Waals surface area contributed by atoms with Gasteiger partial charge < -0.3 is 15.1 Å². The van der Waals surface area contributed by atoms with Crippen molar-refractivity contribution in [3.8, 4) is 0 Å². The summed E-state index contributed by atoms with van der Waals surface area (Å²) < 4.78 is 1.12. The molecule has 0 saturated carbocycles. The van der Waals surface area contributed by atoms with E-state index in [1.165, 1.54) is 10.5 Å². The molecular formula is C23H28N4OS2. The summed E-state index contributed by atoms with van der Waals surface area (Å²) in [5.41, 5.74) is 3.13. The number of aromatic nitrogens is 1. The highest BCUT2D eigenvalue weighted by Crippen LogP contribution is 2.31. The number of piperazine rings is 1. The fourth-order valence-electron chi connectivity index (χ4n) is 3.40. The van der Waals surface area contributed by atoms with E-state index in [2.05, 4.69) is 53.4 Å². The minimum atomic E-state index is 0.0719. The standard InChI is InChI=1S/C23H28N4OS2/c1-17-5-8-19(9-6-17)29-15-3-4-22(28)24-18-7-10-20-21(16-18)30-23(25-20)27-13-11-26(2)12-14-27/h5-10,16H,3-4,11-15H2,1-2H3,(H,24,28). The minimum Gasteiger partial charge on any atom is -0.345 e. The Hall–Kier alpha value is -2.09. The molecule has 1 aromatic heterocycles. The van der Waals surface area contributed by atoms with Gasteiger partial charge in [0.2, 0.25) is 5.91 Å². The molecular weight excluding hydrogens is 412 g/mol. The molecule has 0 unspecified atom stereocenters. The van der Waals surface area contributed by atoms with Gasteiger partial charge in [0.15, 0.2) is 5.13 Å². The number of thiazole rings is 1. The van der Waals surface area contributed by atoms with Crippen LogP contribution in [0, 0.1) is 6.92 Å². The number of thioether (sulfide) groups is 1. The van der Waals surface area contributed by atoms with Crippen molar-refractivity contribution < 1.29 is 4.79 Å². The average Bonchev–Trinajstić information content (AvgIpc) is 3.16. The molecule has 1 fully saturated rings. The van der Waals surface area contributed by atoms with Gasteiger partial charge >= 0.3 is 0 Å². The SMILES string of the molecule is Cc1ccc(SCCCC(=O)Nc2ccc3nc(N4CCN(C)CC4)sc3c2)cc1. The Morgan fingerprint density at radius 1 is 1.13 bits per heavy atom. The van der Waals surface area contributed by atoms with E-state index in [9.17, 15) is 4.79 Å². The lowest BCUT2D eigenvalue weighted by Gasteiger charge is -2.31. The van der Waals surface area contributed by atoms with Crippen LogP contribution in [0.1, 0.15) is 18.4 Å². The van der Waals surface area contributed by atoms with Gasteiger partial charge in [0, 0.05) is 43.2 Å². The number of aryl methyl sites for hydroxylation is 1. The van der Waals surface area contributed by atoms with Crippen molar-refractivity contribution in [1.82, 2.24) is 9.88 Å². The third kappa shape index (κ3) is 5.53. The Balaban J connectivity index is 1.27. The molecule has 1 saturated heterocycles. The molecule has 1 N–H and O–H groups in total. The molecule has 0 radical (unpaired) electrons. The second-order valence-electron chi connectivity index (χ2n) is 7.78. The fourth-order valence-corrected chi connectivity index (χ4v) is 5.31. The summed E-state index contributed by atoms with van der Waals surface area (Å²) in [6, 6.07) is 14.5. The van der Waals surface area contributed by atoms with Crippen LogP contribution in [0.15, 0.2) is 47.4 Å².